The number of aromatic hydroxyl groups is 1. The van der Waals surface area contributed by atoms with Crippen molar-refractivity contribution in [3.05, 3.63) is 23.8 Å². The van der Waals surface area contributed by atoms with Gasteiger partial charge in [-0.25, -0.2) is 0 Å². The lowest BCUT2D eigenvalue weighted by Crippen LogP contribution is -2.51. The van der Waals surface area contributed by atoms with E-state index in [-0.39, 0.29) is 23.9 Å². The lowest BCUT2D eigenvalue weighted by atomic mass is 9.68. The van der Waals surface area contributed by atoms with Crippen LogP contribution >= 0.6 is 0 Å². The van der Waals surface area contributed by atoms with Gasteiger partial charge in [0.05, 0.1) is 24.9 Å². The summed E-state index contributed by atoms with van der Waals surface area (Å²) in [5, 5.41) is 20.7. The summed E-state index contributed by atoms with van der Waals surface area (Å²) in [5.41, 5.74) is 0.241. The Morgan fingerprint density at radius 1 is 1.32 bits per heavy atom. The van der Waals surface area contributed by atoms with Crippen LogP contribution in [0, 0.1) is 11.8 Å². The van der Waals surface area contributed by atoms with Gasteiger partial charge in [0.2, 0.25) is 0 Å². The van der Waals surface area contributed by atoms with Crippen molar-refractivity contribution in [1.82, 2.24) is 0 Å². The summed E-state index contributed by atoms with van der Waals surface area (Å²) in [5.74, 6) is 1.43. The molecule has 0 bridgehead atoms. The Hall–Kier alpha value is -1.26. The zero-order valence-corrected chi connectivity index (χ0v) is 13.6. The van der Waals surface area contributed by atoms with Crippen LogP contribution < -0.4 is 4.74 Å². The molecule has 4 heteroatoms. The molecular formula is C18H26O4. The number of fused-ring (bicyclic) bond motifs is 1. The normalized spacial score (nSPS) is 38.4. The molecule has 1 aromatic carbocycles. The highest BCUT2D eigenvalue weighted by Crippen LogP contribution is 2.48. The third-order valence-electron chi connectivity index (χ3n) is 5.37. The number of methoxy groups -OCH3 is 1. The van der Waals surface area contributed by atoms with Gasteiger partial charge in [0.15, 0.2) is 11.5 Å². The number of aliphatic hydroxyl groups is 1. The van der Waals surface area contributed by atoms with Crippen LogP contribution in [0.1, 0.15) is 51.2 Å². The number of hydrogen-bond acceptors (Lipinski definition) is 4. The zero-order chi connectivity index (χ0) is 15.9. The molecule has 1 aliphatic carbocycles. The predicted molar refractivity (Wildman–Crippen MR) is 84.0 cm³/mol. The smallest absolute Gasteiger partial charge is 0.160 e. The van der Waals surface area contributed by atoms with Gasteiger partial charge in [0.25, 0.3) is 0 Å². The molecule has 22 heavy (non-hydrogen) atoms. The largest absolute Gasteiger partial charge is 0.504 e. The van der Waals surface area contributed by atoms with E-state index in [1.165, 1.54) is 13.5 Å². The van der Waals surface area contributed by atoms with Crippen LogP contribution in [0.25, 0.3) is 0 Å². The molecule has 0 aromatic heterocycles. The van der Waals surface area contributed by atoms with Crippen LogP contribution in [-0.4, -0.2) is 29.0 Å². The van der Waals surface area contributed by atoms with Gasteiger partial charge in [0, 0.05) is 12.3 Å². The average molecular weight is 306 g/mol. The molecule has 1 aromatic rings. The Morgan fingerprint density at radius 2 is 2.09 bits per heavy atom. The Kier molecular flexibility index (Phi) is 4.08. The second kappa shape index (κ2) is 5.74. The molecule has 0 radical (unpaired) electrons. The third-order valence-corrected chi connectivity index (χ3v) is 5.37. The van der Waals surface area contributed by atoms with Gasteiger partial charge in [-0.1, -0.05) is 19.4 Å². The van der Waals surface area contributed by atoms with Crippen molar-refractivity contribution >= 4 is 0 Å². The lowest BCUT2D eigenvalue weighted by molar-refractivity contribution is -0.197. The van der Waals surface area contributed by atoms with Gasteiger partial charge in [-0.15, -0.1) is 0 Å². The summed E-state index contributed by atoms with van der Waals surface area (Å²) in [6.45, 7) is 4.19. The first kappa shape index (κ1) is 15.6. The highest BCUT2D eigenvalue weighted by atomic mass is 16.5. The number of benzene rings is 1. The summed E-state index contributed by atoms with van der Waals surface area (Å²) in [6, 6.07) is 5.29. The second-order valence-corrected chi connectivity index (χ2v) is 7.18. The molecule has 0 spiro atoms. The van der Waals surface area contributed by atoms with Crippen molar-refractivity contribution in [2.24, 2.45) is 11.8 Å². The Labute approximate surface area is 132 Å². The molecule has 3 rings (SSSR count). The van der Waals surface area contributed by atoms with Crippen molar-refractivity contribution < 1.29 is 19.7 Å². The molecular weight excluding hydrogens is 280 g/mol. The van der Waals surface area contributed by atoms with E-state index in [9.17, 15) is 10.2 Å². The van der Waals surface area contributed by atoms with Crippen LogP contribution in [0.5, 0.6) is 11.5 Å². The highest BCUT2D eigenvalue weighted by Gasteiger charge is 2.47. The van der Waals surface area contributed by atoms with Crippen molar-refractivity contribution in [3.63, 3.8) is 0 Å². The summed E-state index contributed by atoms with van der Waals surface area (Å²) in [6.07, 6.45) is 3.74. The van der Waals surface area contributed by atoms with Crippen LogP contribution in [-0.2, 0) is 4.74 Å². The first-order chi connectivity index (χ1) is 10.4. The van der Waals surface area contributed by atoms with E-state index >= 15 is 0 Å². The summed E-state index contributed by atoms with van der Waals surface area (Å²) in [4.78, 5) is 0. The Balaban J connectivity index is 1.86. The zero-order valence-electron chi connectivity index (χ0n) is 13.6. The SMILES string of the molecule is COc1cc([C@H]2C[C@@](C)(O)[C@@H]3CC[C@@H](C)C[C@H]3O2)ccc1O. The van der Waals surface area contributed by atoms with Gasteiger partial charge < -0.3 is 19.7 Å². The fourth-order valence-electron chi connectivity index (χ4n) is 4.07. The van der Waals surface area contributed by atoms with Gasteiger partial charge >= 0.3 is 0 Å². The molecule has 2 N–H and O–H groups in total. The molecule has 5 atom stereocenters. The van der Waals surface area contributed by atoms with Crippen molar-refractivity contribution in [1.29, 1.82) is 0 Å². The van der Waals surface area contributed by atoms with Crippen LogP contribution in [0.2, 0.25) is 0 Å². The van der Waals surface area contributed by atoms with Gasteiger partial charge in [-0.05, 0) is 43.4 Å². The minimum absolute atomic E-state index is 0.109. The van der Waals surface area contributed by atoms with Crippen LogP contribution in [0.4, 0.5) is 0 Å². The van der Waals surface area contributed by atoms with Crippen molar-refractivity contribution in [3.8, 4) is 11.5 Å². The molecule has 1 saturated heterocycles. The number of phenolic OH excluding ortho intramolecular Hbond substituents is 1. The summed E-state index contributed by atoms with van der Waals surface area (Å²) in [7, 11) is 1.54. The topological polar surface area (TPSA) is 58.9 Å². The molecule has 0 unspecified atom stereocenters. The Morgan fingerprint density at radius 3 is 2.82 bits per heavy atom. The van der Waals surface area contributed by atoms with Gasteiger partial charge in [-0.2, -0.15) is 0 Å². The summed E-state index contributed by atoms with van der Waals surface area (Å²) < 4.78 is 11.5. The van der Waals surface area contributed by atoms with Crippen LogP contribution in [0.3, 0.4) is 0 Å². The quantitative estimate of drug-likeness (QED) is 0.879. The van der Waals surface area contributed by atoms with E-state index in [4.69, 9.17) is 9.47 Å². The molecule has 4 nitrogen and oxygen atoms in total. The van der Waals surface area contributed by atoms with E-state index in [1.54, 1.807) is 6.07 Å². The molecule has 1 heterocycles. The van der Waals surface area contributed by atoms with Gasteiger partial charge in [-0.3, -0.25) is 0 Å². The van der Waals surface area contributed by atoms with Crippen LogP contribution in [0.15, 0.2) is 18.2 Å². The maximum Gasteiger partial charge on any atom is 0.160 e. The maximum absolute atomic E-state index is 10.9. The first-order valence-corrected chi connectivity index (χ1v) is 8.15. The maximum atomic E-state index is 10.9. The fourth-order valence-corrected chi connectivity index (χ4v) is 4.07. The monoisotopic (exact) mass is 306 g/mol. The highest BCUT2D eigenvalue weighted by molar-refractivity contribution is 5.42. The number of ether oxygens (including phenoxy) is 2. The minimum Gasteiger partial charge on any atom is -0.504 e. The standard InChI is InChI=1S/C18H26O4/c1-11-4-6-13-15(8-11)22-17(10-18(13,2)20)12-5-7-14(19)16(9-12)21-3/h5,7,9,11,13,15,17,19-20H,4,6,8,10H2,1-3H3/t11-,13-,15-,17-,18-/m1/s1. The number of phenols is 1. The Bertz CT molecular complexity index is 540. The van der Waals surface area contributed by atoms with E-state index < -0.39 is 5.60 Å². The average Bonchev–Trinajstić information content (AvgIpc) is 2.46. The molecule has 1 saturated carbocycles. The third kappa shape index (κ3) is 2.82. The first-order valence-electron chi connectivity index (χ1n) is 8.15. The van der Waals surface area contributed by atoms with E-state index in [0.29, 0.717) is 18.1 Å². The molecule has 2 fully saturated rings. The number of hydrogen-bond donors (Lipinski definition) is 2. The number of rotatable bonds is 2. The second-order valence-electron chi connectivity index (χ2n) is 7.18. The summed E-state index contributed by atoms with van der Waals surface area (Å²) >= 11 is 0. The van der Waals surface area contributed by atoms with Crippen molar-refractivity contribution in [2.75, 3.05) is 7.11 Å². The molecule has 2 aliphatic rings. The minimum atomic E-state index is -0.709. The van der Waals surface area contributed by atoms with Gasteiger partial charge in [0.1, 0.15) is 0 Å². The fraction of sp³-hybridized carbons (Fsp3) is 0.667. The molecule has 1 aliphatic heterocycles. The van der Waals surface area contributed by atoms with E-state index in [0.717, 1.165) is 18.4 Å². The molecule has 0 amide bonds. The predicted octanol–water partition coefficient (Wildman–Crippen LogP) is 3.42. The van der Waals surface area contributed by atoms with E-state index in [1.807, 2.05) is 19.1 Å². The molecule has 122 valence electrons. The lowest BCUT2D eigenvalue weighted by Gasteiger charge is -2.49. The van der Waals surface area contributed by atoms with E-state index in [2.05, 4.69) is 6.92 Å². The van der Waals surface area contributed by atoms with Crippen molar-refractivity contribution in [2.45, 2.75) is 57.3 Å².